The maximum atomic E-state index is 12.1. The van der Waals surface area contributed by atoms with Crippen LogP contribution in [-0.2, 0) is 11.3 Å². The van der Waals surface area contributed by atoms with Gasteiger partial charge < -0.3 is 5.32 Å². The minimum absolute atomic E-state index is 0.0525. The fraction of sp³-hybridized carbons (Fsp3) is 0.0667. The summed E-state index contributed by atoms with van der Waals surface area (Å²) in [6.07, 6.45) is 0. The van der Waals surface area contributed by atoms with E-state index in [2.05, 4.69) is 5.32 Å². The number of hydrogen-bond donors (Lipinski definition) is 1. The summed E-state index contributed by atoms with van der Waals surface area (Å²) in [4.78, 5) is 24.0. The highest BCUT2D eigenvalue weighted by molar-refractivity contribution is 7.16. The van der Waals surface area contributed by atoms with Crippen LogP contribution in [0.4, 0.5) is 5.69 Å². The van der Waals surface area contributed by atoms with Crippen LogP contribution in [0.25, 0.3) is 10.2 Å². The van der Waals surface area contributed by atoms with Gasteiger partial charge in [-0.3, -0.25) is 14.2 Å². The molecular formula is C15H10Cl2N2O2S. The fourth-order valence-corrected chi connectivity index (χ4v) is 3.27. The summed E-state index contributed by atoms with van der Waals surface area (Å²) in [6, 6.07) is 12.2. The Balaban J connectivity index is 1.82. The Labute approximate surface area is 139 Å². The van der Waals surface area contributed by atoms with E-state index in [0.717, 1.165) is 21.6 Å². The van der Waals surface area contributed by atoms with Crippen LogP contribution in [0.5, 0.6) is 0 Å². The largest absolute Gasteiger partial charge is 0.324 e. The van der Waals surface area contributed by atoms with Gasteiger partial charge in [-0.1, -0.05) is 46.7 Å². The Morgan fingerprint density at radius 3 is 2.68 bits per heavy atom. The Bertz CT molecular complexity index is 917. The molecule has 0 saturated heterocycles. The van der Waals surface area contributed by atoms with E-state index in [1.807, 2.05) is 24.3 Å². The van der Waals surface area contributed by atoms with Gasteiger partial charge in [0, 0.05) is 5.69 Å². The molecule has 0 aliphatic rings. The molecule has 0 aliphatic heterocycles. The summed E-state index contributed by atoms with van der Waals surface area (Å²) in [6.45, 7) is -0.0525. The van der Waals surface area contributed by atoms with Crippen LogP contribution >= 0.6 is 34.5 Å². The molecule has 1 amide bonds. The van der Waals surface area contributed by atoms with Crippen molar-refractivity contribution in [3.63, 3.8) is 0 Å². The van der Waals surface area contributed by atoms with Crippen LogP contribution < -0.4 is 10.2 Å². The molecule has 3 aromatic rings. The molecular weight excluding hydrogens is 343 g/mol. The number of halogens is 2. The fourth-order valence-electron chi connectivity index (χ4n) is 2.08. The van der Waals surface area contributed by atoms with Gasteiger partial charge in [0.15, 0.2) is 0 Å². The van der Waals surface area contributed by atoms with Crippen LogP contribution in [0, 0.1) is 0 Å². The van der Waals surface area contributed by atoms with Crippen molar-refractivity contribution in [2.24, 2.45) is 0 Å². The SMILES string of the molecule is O=C(Cn1c(=O)sc2ccccc21)Nc1ccc(Cl)c(Cl)c1. The monoisotopic (exact) mass is 352 g/mol. The highest BCUT2D eigenvalue weighted by Crippen LogP contribution is 2.25. The number of benzene rings is 2. The van der Waals surface area contributed by atoms with Crippen molar-refractivity contribution in [3.8, 4) is 0 Å². The van der Waals surface area contributed by atoms with Crippen molar-refractivity contribution in [2.75, 3.05) is 5.32 Å². The van der Waals surface area contributed by atoms with Crippen molar-refractivity contribution < 1.29 is 4.79 Å². The number of fused-ring (bicyclic) bond motifs is 1. The van der Waals surface area contributed by atoms with Crippen molar-refractivity contribution in [1.29, 1.82) is 0 Å². The Morgan fingerprint density at radius 2 is 1.91 bits per heavy atom. The van der Waals surface area contributed by atoms with Gasteiger partial charge >= 0.3 is 4.87 Å². The van der Waals surface area contributed by atoms with E-state index in [9.17, 15) is 9.59 Å². The predicted octanol–water partition coefficient (Wildman–Crippen LogP) is 4.01. The van der Waals surface area contributed by atoms with E-state index in [1.165, 1.54) is 4.57 Å². The lowest BCUT2D eigenvalue weighted by molar-refractivity contribution is -0.116. The molecule has 0 saturated carbocycles. The van der Waals surface area contributed by atoms with Gasteiger partial charge in [-0.25, -0.2) is 0 Å². The normalized spacial score (nSPS) is 10.8. The minimum Gasteiger partial charge on any atom is -0.324 e. The van der Waals surface area contributed by atoms with Gasteiger partial charge in [-0.15, -0.1) is 0 Å². The Morgan fingerprint density at radius 1 is 1.14 bits per heavy atom. The van der Waals surface area contributed by atoms with Crippen molar-refractivity contribution in [1.82, 2.24) is 4.57 Å². The summed E-state index contributed by atoms with van der Waals surface area (Å²) in [7, 11) is 0. The van der Waals surface area contributed by atoms with E-state index in [-0.39, 0.29) is 17.3 Å². The second-order valence-electron chi connectivity index (χ2n) is 4.60. The summed E-state index contributed by atoms with van der Waals surface area (Å²) in [5, 5.41) is 3.48. The third-order valence-electron chi connectivity index (χ3n) is 3.08. The number of anilines is 1. The first-order valence-electron chi connectivity index (χ1n) is 6.38. The molecule has 4 nitrogen and oxygen atoms in total. The molecule has 0 bridgehead atoms. The number of aromatic nitrogens is 1. The second kappa shape index (κ2) is 6.12. The Hall–Kier alpha value is -1.82. The molecule has 0 aliphatic carbocycles. The molecule has 3 rings (SSSR count). The summed E-state index contributed by atoms with van der Waals surface area (Å²) in [5.41, 5.74) is 1.29. The van der Waals surface area contributed by atoms with E-state index in [1.54, 1.807) is 18.2 Å². The lowest BCUT2D eigenvalue weighted by atomic mass is 10.3. The number of nitrogens with one attached hydrogen (secondary N) is 1. The molecule has 2 aromatic carbocycles. The zero-order valence-electron chi connectivity index (χ0n) is 11.2. The number of hydrogen-bond acceptors (Lipinski definition) is 3. The van der Waals surface area contributed by atoms with E-state index in [0.29, 0.717) is 15.7 Å². The summed E-state index contributed by atoms with van der Waals surface area (Å²) < 4.78 is 2.31. The third kappa shape index (κ3) is 3.02. The second-order valence-corrected chi connectivity index (χ2v) is 6.41. The minimum atomic E-state index is -0.302. The van der Waals surface area contributed by atoms with Gasteiger partial charge in [-0.05, 0) is 30.3 Å². The summed E-state index contributed by atoms with van der Waals surface area (Å²) in [5.74, 6) is -0.302. The molecule has 0 radical (unpaired) electrons. The smallest absolute Gasteiger partial charge is 0.308 e. The van der Waals surface area contributed by atoms with Crippen molar-refractivity contribution >= 4 is 56.3 Å². The van der Waals surface area contributed by atoms with Crippen molar-refractivity contribution in [2.45, 2.75) is 6.54 Å². The molecule has 1 aromatic heterocycles. The van der Waals surface area contributed by atoms with Crippen LogP contribution in [0.1, 0.15) is 0 Å². The number of carbonyl (C=O) groups excluding carboxylic acids is 1. The molecule has 0 unspecified atom stereocenters. The lowest BCUT2D eigenvalue weighted by Crippen LogP contribution is -2.24. The van der Waals surface area contributed by atoms with E-state index in [4.69, 9.17) is 23.2 Å². The lowest BCUT2D eigenvalue weighted by Gasteiger charge is -2.07. The first-order valence-corrected chi connectivity index (χ1v) is 7.95. The zero-order valence-corrected chi connectivity index (χ0v) is 13.5. The summed E-state index contributed by atoms with van der Waals surface area (Å²) >= 11 is 12.9. The van der Waals surface area contributed by atoms with E-state index < -0.39 is 0 Å². The average molecular weight is 353 g/mol. The molecule has 0 fully saturated rings. The van der Waals surface area contributed by atoms with Gasteiger partial charge in [-0.2, -0.15) is 0 Å². The van der Waals surface area contributed by atoms with Gasteiger partial charge in [0.05, 0.1) is 20.3 Å². The molecule has 1 N–H and O–H groups in total. The molecule has 7 heteroatoms. The van der Waals surface area contributed by atoms with Crippen LogP contribution in [-0.4, -0.2) is 10.5 Å². The van der Waals surface area contributed by atoms with Gasteiger partial charge in [0.2, 0.25) is 5.91 Å². The van der Waals surface area contributed by atoms with E-state index >= 15 is 0 Å². The first-order chi connectivity index (χ1) is 10.5. The molecule has 0 spiro atoms. The standard InChI is InChI=1S/C15H10Cl2N2O2S/c16-10-6-5-9(7-11(10)17)18-14(20)8-19-12-3-1-2-4-13(12)22-15(19)21/h1-7H,8H2,(H,18,20). The predicted molar refractivity (Wildman–Crippen MR) is 91.2 cm³/mol. The highest BCUT2D eigenvalue weighted by Gasteiger charge is 2.11. The van der Waals surface area contributed by atoms with Gasteiger partial charge in [0.1, 0.15) is 6.54 Å². The quantitative estimate of drug-likeness (QED) is 0.774. The number of nitrogens with zero attached hydrogens (tertiary/aromatic N) is 1. The number of rotatable bonds is 3. The molecule has 1 heterocycles. The highest BCUT2D eigenvalue weighted by atomic mass is 35.5. The Kier molecular flexibility index (Phi) is 4.20. The van der Waals surface area contributed by atoms with Crippen LogP contribution in [0.15, 0.2) is 47.3 Å². The van der Waals surface area contributed by atoms with Crippen LogP contribution in [0.3, 0.4) is 0 Å². The average Bonchev–Trinajstić information content (AvgIpc) is 2.79. The third-order valence-corrected chi connectivity index (χ3v) is 4.78. The number of thiazole rings is 1. The maximum Gasteiger partial charge on any atom is 0.308 e. The zero-order chi connectivity index (χ0) is 15.7. The number of carbonyl (C=O) groups is 1. The van der Waals surface area contributed by atoms with Crippen molar-refractivity contribution in [3.05, 3.63) is 62.2 Å². The molecule has 112 valence electrons. The number of amides is 1. The van der Waals surface area contributed by atoms with Crippen LogP contribution in [0.2, 0.25) is 10.0 Å². The molecule has 22 heavy (non-hydrogen) atoms. The topological polar surface area (TPSA) is 51.1 Å². The molecule has 0 atom stereocenters. The van der Waals surface area contributed by atoms with Gasteiger partial charge in [0.25, 0.3) is 0 Å². The number of para-hydroxylation sites is 1. The maximum absolute atomic E-state index is 12.1. The first kappa shape index (κ1) is 15.1.